The van der Waals surface area contributed by atoms with Gasteiger partial charge in [-0.15, -0.1) is 13.2 Å². The summed E-state index contributed by atoms with van der Waals surface area (Å²) in [7, 11) is 0. The molecule has 7 nitrogen and oxygen atoms in total. The van der Waals surface area contributed by atoms with Gasteiger partial charge in [-0.05, 0) is 50.2 Å². The van der Waals surface area contributed by atoms with Crippen LogP contribution in [0.3, 0.4) is 0 Å². The first-order chi connectivity index (χ1) is 14.5. The molecule has 0 aliphatic carbocycles. The summed E-state index contributed by atoms with van der Waals surface area (Å²) >= 11 is 17.9. The van der Waals surface area contributed by atoms with Crippen molar-refractivity contribution in [2.24, 2.45) is 0 Å². The summed E-state index contributed by atoms with van der Waals surface area (Å²) in [5.74, 6) is -0.126. The predicted molar refractivity (Wildman–Crippen MR) is 114 cm³/mol. The molecule has 1 fully saturated rings. The predicted octanol–water partition coefficient (Wildman–Crippen LogP) is 5.24. The van der Waals surface area contributed by atoms with Crippen LogP contribution in [0.15, 0.2) is 24.3 Å². The number of benzene rings is 1. The van der Waals surface area contributed by atoms with Gasteiger partial charge in [0, 0.05) is 18.3 Å². The van der Waals surface area contributed by atoms with Gasteiger partial charge in [-0.2, -0.15) is 15.0 Å². The number of piperidine rings is 1. The summed E-state index contributed by atoms with van der Waals surface area (Å²) in [5.41, 5.74) is 0.414. The molecule has 170 valence electrons. The van der Waals surface area contributed by atoms with E-state index in [1.54, 1.807) is 0 Å². The van der Waals surface area contributed by atoms with Gasteiger partial charge in [0.25, 0.3) is 0 Å². The van der Waals surface area contributed by atoms with Gasteiger partial charge in [0.2, 0.25) is 15.7 Å². The van der Waals surface area contributed by atoms with Crippen LogP contribution in [0, 0.1) is 0 Å². The number of rotatable bonds is 6. The lowest BCUT2D eigenvalue weighted by atomic mass is 10.1. The largest absolute Gasteiger partial charge is 0.573 e. The number of likely N-dealkylation sites (tertiary alicyclic amines) is 1. The van der Waals surface area contributed by atoms with Crippen molar-refractivity contribution < 1.29 is 17.9 Å². The fraction of sp³-hybridized carbons (Fsp3) is 0.500. The molecule has 3 rings (SSSR count). The Morgan fingerprint density at radius 1 is 1.10 bits per heavy atom. The molecule has 1 aliphatic rings. The molecular formula is C18H20Cl3F3N6O. The minimum Gasteiger partial charge on any atom is -0.406 e. The monoisotopic (exact) mass is 498 g/mol. The van der Waals surface area contributed by atoms with Crippen LogP contribution in [-0.4, -0.2) is 51.9 Å². The highest BCUT2D eigenvalue weighted by molar-refractivity contribution is 6.66. The maximum absolute atomic E-state index is 12.3. The number of likely N-dealkylation sites (N-methyl/N-ethyl adjacent to an activating group) is 1. The van der Waals surface area contributed by atoms with Crippen molar-refractivity contribution >= 4 is 52.4 Å². The molecule has 1 aromatic heterocycles. The molecule has 0 spiro atoms. The van der Waals surface area contributed by atoms with E-state index in [0.29, 0.717) is 5.69 Å². The SMILES string of the molecule is CCN1CCCC(Nc2nc(Nc3ccc(OC(F)(F)F)cc3)nc(C(Cl)(Cl)Cl)n2)C1. The molecule has 2 heterocycles. The first kappa shape index (κ1) is 23.9. The fourth-order valence-corrected chi connectivity index (χ4v) is 3.39. The van der Waals surface area contributed by atoms with E-state index in [9.17, 15) is 13.2 Å². The molecule has 0 radical (unpaired) electrons. The maximum atomic E-state index is 12.3. The van der Waals surface area contributed by atoms with E-state index in [2.05, 4.69) is 42.1 Å². The number of nitrogens with one attached hydrogen (secondary N) is 2. The first-order valence-corrected chi connectivity index (χ1v) is 10.6. The molecule has 1 unspecified atom stereocenters. The standard InChI is InChI=1S/C18H20Cl3F3N6O/c1-2-30-9-3-4-12(10-30)26-16-28-14(17(19,20)21)27-15(29-16)25-11-5-7-13(8-6-11)31-18(22,23)24/h5-8,12H,2-4,9-10H2,1H3,(H2,25,26,27,28,29). The van der Waals surface area contributed by atoms with Gasteiger partial charge in [-0.3, -0.25) is 0 Å². The molecule has 31 heavy (non-hydrogen) atoms. The van der Waals surface area contributed by atoms with E-state index >= 15 is 0 Å². The number of ether oxygens (including phenoxy) is 1. The molecule has 2 aromatic rings. The van der Waals surface area contributed by atoms with Crippen LogP contribution in [0.4, 0.5) is 30.8 Å². The van der Waals surface area contributed by atoms with Gasteiger partial charge in [0.15, 0.2) is 5.82 Å². The van der Waals surface area contributed by atoms with Crippen molar-refractivity contribution in [3.05, 3.63) is 30.1 Å². The Bertz CT molecular complexity index is 879. The van der Waals surface area contributed by atoms with E-state index in [-0.39, 0.29) is 29.5 Å². The third-order valence-electron chi connectivity index (χ3n) is 4.52. The number of hydrogen-bond acceptors (Lipinski definition) is 7. The molecule has 0 bridgehead atoms. The molecule has 1 aliphatic heterocycles. The summed E-state index contributed by atoms with van der Waals surface area (Å²) in [4.78, 5) is 15.0. The zero-order valence-electron chi connectivity index (χ0n) is 16.4. The Morgan fingerprint density at radius 2 is 1.77 bits per heavy atom. The molecule has 0 amide bonds. The third kappa shape index (κ3) is 7.41. The van der Waals surface area contributed by atoms with Crippen molar-refractivity contribution in [3.63, 3.8) is 0 Å². The molecule has 1 atom stereocenters. The molecule has 1 saturated heterocycles. The minimum atomic E-state index is -4.77. The van der Waals surface area contributed by atoms with Gasteiger partial charge in [0.05, 0.1) is 0 Å². The van der Waals surface area contributed by atoms with Crippen LogP contribution in [0.25, 0.3) is 0 Å². The van der Waals surface area contributed by atoms with Gasteiger partial charge in [-0.1, -0.05) is 41.7 Å². The average molecular weight is 500 g/mol. The smallest absolute Gasteiger partial charge is 0.406 e. The summed E-state index contributed by atoms with van der Waals surface area (Å²) < 4.78 is 38.9. The normalized spacial score (nSPS) is 18.0. The topological polar surface area (TPSA) is 75.2 Å². The number of halogens is 6. The molecule has 1 aromatic carbocycles. The number of hydrogen-bond donors (Lipinski definition) is 2. The Hall–Kier alpha value is -1.75. The van der Waals surface area contributed by atoms with Crippen molar-refractivity contribution in [1.29, 1.82) is 0 Å². The maximum Gasteiger partial charge on any atom is 0.573 e. The highest BCUT2D eigenvalue weighted by Crippen LogP contribution is 2.37. The van der Waals surface area contributed by atoms with Gasteiger partial charge in [-0.25, -0.2) is 0 Å². The lowest BCUT2D eigenvalue weighted by Gasteiger charge is -2.32. The Balaban J connectivity index is 1.78. The second-order valence-electron chi connectivity index (χ2n) is 6.88. The zero-order valence-corrected chi connectivity index (χ0v) is 18.7. The van der Waals surface area contributed by atoms with E-state index in [1.807, 2.05) is 0 Å². The quantitative estimate of drug-likeness (QED) is 0.527. The second-order valence-corrected chi connectivity index (χ2v) is 9.16. The van der Waals surface area contributed by atoms with Gasteiger partial charge >= 0.3 is 6.36 Å². The molecular weight excluding hydrogens is 480 g/mol. The van der Waals surface area contributed by atoms with E-state index in [4.69, 9.17) is 34.8 Å². The van der Waals surface area contributed by atoms with Crippen LogP contribution in [0.5, 0.6) is 5.75 Å². The summed E-state index contributed by atoms with van der Waals surface area (Å²) in [6, 6.07) is 5.20. The number of nitrogens with zero attached hydrogens (tertiary/aromatic N) is 4. The van der Waals surface area contributed by atoms with Crippen molar-refractivity contribution in [3.8, 4) is 5.75 Å². The minimum absolute atomic E-state index is 0.0754. The van der Waals surface area contributed by atoms with Crippen molar-refractivity contribution in [1.82, 2.24) is 19.9 Å². The first-order valence-electron chi connectivity index (χ1n) is 9.47. The lowest BCUT2D eigenvalue weighted by molar-refractivity contribution is -0.274. The summed E-state index contributed by atoms with van der Waals surface area (Å²) in [6.45, 7) is 4.90. The third-order valence-corrected chi connectivity index (χ3v) is 5.03. The van der Waals surface area contributed by atoms with Crippen LogP contribution < -0.4 is 15.4 Å². The van der Waals surface area contributed by atoms with Crippen LogP contribution in [0.1, 0.15) is 25.6 Å². The lowest BCUT2D eigenvalue weighted by Crippen LogP contribution is -2.42. The fourth-order valence-electron chi connectivity index (χ4n) is 3.14. The molecule has 0 saturated carbocycles. The number of anilines is 3. The number of aromatic nitrogens is 3. The van der Waals surface area contributed by atoms with Crippen molar-refractivity contribution in [2.75, 3.05) is 30.3 Å². The van der Waals surface area contributed by atoms with Crippen LogP contribution >= 0.6 is 34.8 Å². The Morgan fingerprint density at radius 3 is 2.39 bits per heavy atom. The highest BCUT2D eigenvalue weighted by atomic mass is 35.6. The summed E-state index contributed by atoms with van der Waals surface area (Å²) in [5, 5.41) is 6.13. The zero-order chi connectivity index (χ0) is 22.6. The second kappa shape index (κ2) is 9.81. The van der Waals surface area contributed by atoms with Crippen molar-refractivity contribution in [2.45, 2.75) is 36.0 Å². The Labute approximate surface area is 192 Å². The van der Waals surface area contributed by atoms with E-state index < -0.39 is 10.2 Å². The van der Waals surface area contributed by atoms with E-state index in [1.165, 1.54) is 12.1 Å². The average Bonchev–Trinajstić information content (AvgIpc) is 2.68. The van der Waals surface area contributed by atoms with Crippen LogP contribution in [0.2, 0.25) is 0 Å². The summed E-state index contributed by atoms with van der Waals surface area (Å²) in [6.07, 6.45) is -2.80. The van der Waals surface area contributed by atoms with E-state index in [0.717, 1.165) is 44.6 Å². The molecule has 13 heteroatoms. The van der Waals surface area contributed by atoms with Gasteiger partial charge < -0.3 is 20.3 Å². The highest BCUT2D eigenvalue weighted by Gasteiger charge is 2.31. The van der Waals surface area contributed by atoms with Crippen LogP contribution in [-0.2, 0) is 3.79 Å². The Kier molecular flexibility index (Phi) is 7.56. The molecule has 2 N–H and O–H groups in total. The van der Waals surface area contributed by atoms with Gasteiger partial charge in [0.1, 0.15) is 5.75 Å². The number of alkyl halides is 6.